The number of halogens is 2. The standard InChI is InChI=1S/C20H16Cl2N2OS2/c21-15-7-6-14(10-16(15)22)12-27-20-23-17-8-9-26-18(17)19(25)24(20)11-13-4-2-1-3-5-13/h1-7,10H,8-9,11-12H2. The number of hydrogen-bond donors (Lipinski definition) is 0. The first-order valence-electron chi connectivity index (χ1n) is 8.49. The van der Waals surface area contributed by atoms with Gasteiger partial charge in [0.15, 0.2) is 5.16 Å². The highest BCUT2D eigenvalue weighted by atomic mass is 35.5. The minimum absolute atomic E-state index is 0.0583. The maximum atomic E-state index is 13.0. The Morgan fingerprint density at radius 2 is 1.89 bits per heavy atom. The summed E-state index contributed by atoms with van der Waals surface area (Å²) in [5.74, 6) is 1.59. The zero-order valence-corrected chi connectivity index (χ0v) is 17.5. The van der Waals surface area contributed by atoms with E-state index in [4.69, 9.17) is 28.2 Å². The summed E-state index contributed by atoms with van der Waals surface area (Å²) in [5.41, 5.74) is 3.11. The van der Waals surface area contributed by atoms with Crippen molar-refractivity contribution < 1.29 is 0 Å². The van der Waals surface area contributed by atoms with Crippen LogP contribution in [0.15, 0.2) is 63.4 Å². The quantitative estimate of drug-likeness (QED) is 0.390. The maximum absolute atomic E-state index is 13.0. The third kappa shape index (κ3) is 4.21. The van der Waals surface area contributed by atoms with E-state index in [0.29, 0.717) is 22.3 Å². The zero-order chi connectivity index (χ0) is 18.8. The molecule has 0 spiro atoms. The van der Waals surface area contributed by atoms with E-state index in [9.17, 15) is 4.79 Å². The van der Waals surface area contributed by atoms with Gasteiger partial charge in [0.25, 0.3) is 5.56 Å². The van der Waals surface area contributed by atoms with Gasteiger partial charge < -0.3 is 0 Å². The number of aromatic nitrogens is 2. The van der Waals surface area contributed by atoms with E-state index < -0.39 is 0 Å². The number of fused-ring (bicyclic) bond motifs is 1. The van der Waals surface area contributed by atoms with Crippen molar-refractivity contribution in [3.8, 4) is 0 Å². The summed E-state index contributed by atoms with van der Waals surface area (Å²) in [6.07, 6.45) is 0.849. The van der Waals surface area contributed by atoms with Crippen molar-refractivity contribution >= 4 is 46.7 Å². The van der Waals surface area contributed by atoms with E-state index >= 15 is 0 Å². The van der Waals surface area contributed by atoms with Gasteiger partial charge in [0.1, 0.15) is 0 Å². The number of hydrogen-bond acceptors (Lipinski definition) is 4. The fourth-order valence-corrected chi connectivity index (χ4v) is 5.24. The van der Waals surface area contributed by atoms with E-state index in [1.54, 1.807) is 34.2 Å². The Bertz CT molecular complexity index is 1040. The molecule has 0 saturated heterocycles. The number of nitrogens with zero attached hydrogens (tertiary/aromatic N) is 2. The molecule has 138 valence electrons. The first-order valence-corrected chi connectivity index (χ1v) is 11.2. The van der Waals surface area contributed by atoms with E-state index in [1.165, 1.54) is 0 Å². The predicted octanol–water partition coefficient (Wildman–Crippen LogP) is 5.54. The van der Waals surface area contributed by atoms with Gasteiger partial charge in [0, 0.05) is 17.9 Å². The molecule has 4 rings (SSSR count). The molecule has 3 nitrogen and oxygen atoms in total. The molecular weight excluding hydrogens is 419 g/mol. The fraction of sp³-hybridized carbons (Fsp3) is 0.200. The van der Waals surface area contributed by atoms with E-state index in [0.717, 1.165) is 39.0 Å². The molecule has 27 heavy (non-hydrogen) atoms. The summed E-state index contributed by atoms with van der Waals surface area (Å²) in [4.78, 5) is 18.7. The molecule has 0 amide bonds. The Kier molecular flexibility index (Phi) is 5.83. The van der Waals surface area contributed by atoms with Crippen LogP contribution in [0.5, 0.6) is 0 Å². The second-order valence-corrected chi connectivity index (χ2v) is 9.04. The summed E-state index contributed by atoms with van der Waals surface area (Å²) in [7, 11) is 0. The SMILES string of the molecule is O=c1c2c(nc(SCc3ccc(Cl)c(Cl)c3)n1Cc1ccccc1)CCS2. The Balaban J connectivity index is 1.67. The number of aryl methyl sites for hydroxylation is 1. The second-order valence-electron chi connectivity index (χ2n) is 6.18. The Morgan fingerprint density at radius 1 is 1.07 bits per heavy atom. The van der Waals surface area contributed by atoms with Gasteiger partial charge in [-0.1, -0.05) is 71.4 Å². The lowest BCUT2D eigenvalue weighted by molar-refractivity contribution is 0.616. The summed E-state index contributed by atoms with van der Waals surface area (Å²) in [6.45, 7) is 0.518. The van der Waals surface area contributed by atoms with Crippen LogP contribution in [0.4, 0.5) is 0 Å². The van der Waals surface area contributed by atoms with Gasteiger partial charge in [-0.15, -0.1) is 11.8 Å². The van der Waals surface area contributed by atoms with Gasteiger partial charge in [-0.25, -0.2) is 4.98 Å². The van der Waals surface area contributed by atoms with Gasteiger partial charge in [-0.05, 0) is 23.3 Å². The van der Waals surface area contributed by atoms with Crippen molar-refractivity contribution in [2.75, 3.05) is 5.75 Å². The normalized spacial score (nSPS) is 13.0. The van der Waals surface area contributed by atoms with Crippen molar-refractivity contribution in [2.24, 2.45) is 0 Å². The molecule has 0 radical (unpaired) electrons. The van der Waals surface area contributed by atoms with Crippen molar-refractivity contribution in [1.29, 1.82) is 0 Å². The van der Waals surface area contributed by atoms with E-state index in [1.807, 2.05) is 42.5 Å². The van der Waals surface area contributed by atoms with Gasteiger partial charge >= 0.3 is 0 Å². The molecule has 1 aromatic heterocycles. The Morgan fingerprint density at radius 3 is 2.67 bits per heavy atom. The highest BCUT2D eigenvalue weighted by Crippen LogP contribution is 2.31. The smallest absolute Gasteiger partial charge is 0.268 e. The summed E-state index contributed by atoms with van der Waals surface area (Å²) < 4.78 is 1.79. The lowest BCUT2D eigenvalue weighted by Crippen LogP contribution is -2.25. The molecular formula is C20H16Cl2N2OS2. The molecule has 1 aliphatic heterocycles. The van der Waals surface area contributed by atoms with Crippen LogP contribution in [0.3, 0.4) is 0 Å². The number of benzene rings is 2. The topological polar surface area (TPSA) is 34.9 Å². The van der Waals surface area contributed by atoms with Crippen molar-refractivity contribution in [3.63, 3.8) is 0 Å². The third-order valence-corrected chi connectivity index (χ3v) is 7.18. The molecule has 2 aromatic carbocycles. The minimum atomic E-state index is 0.0583. The summed E-state index contributed by atoms with van der Waals surface area (Å²) in [5, 5.41) is 1.82. The van der Waals surface area contributed by atoms with Crippen LogP contribution in [0.2, 0.25) is 10.0 Å². The van der Waals surface area contributed by atoms with E-state index in [2.05, 4.69) is 0 Å². The predicted molar refractivity (Wildman–Crippen MR) is 114 cm³/mol. The first-order chi connectivity index (χ1) is 13.1. The first kappa shape index (κ1) is 18.9. The summed E-state index contributed by atoms with van der Waals surface area (Å²) in [6, 6.07) is 15.6. The minimum Gasteiger partial charge on any atom is -0.282 e. The number of rotatable bonds is 5. The lowest BCUT2D eigenvalue weighted by atomic mass is 10.2. The van der Waals surface area contributed by atoms with Crippen LogP contribution < -0.4 is 5.56 Å². The zero-order valence-electron chi connectivity index (χ0n) is 14.3. The molecule has 0 aliphatic carbocycles. The van der Waals surface area contributed by atoms with Crippen LogP contribution in [0.1, 0.15) is 16.8 Å². The van der Waals surface area contributed by atoms with Crippen molar-refractivity contribution in [2.45, 2.75) is 28.8 Å². The average molecular weight is 435 g/mol. The van der Waals surface area contributed by atoms with Crippen LogP contribution in [0, 0.1) is 0 Å². The van der Waals surface area contributed by atoms with E-state index in [-0.39, 0.29) is 5.56 Å². The van der Waals surface area contributed by atoms with Gasteiger partial charge in [0.05, 0.1) is 27.2 Å². The molecule has 3 aromatic rings. The summed E-state index contributed by atoms with van der Waals surface area (Å²) >= 11 is 15.3. The monoisotopic (exact) mass is 434 g/mol. The maximum Gasteiger partial charge on any atom is 0.268 e. The number of thioether (sulfide) groups is 2. The third-order valence-electron chi connectivity index (χ3n) is 4.28. The molecule has 0 fully saturated rings. The highest BCUT2D eigenvalue weighted by Gasteiger charge is 2.22. The van der Waals surface area contributed by atoms with Crippen LogP contribution in [-0.2, 0) is 18.7 Å². The fourth-order valence-electron chi connectivity index (χ4n) is 2.92. The molecule has 1 aliphatic rings. The van der Waals surface area contributed by atoms with Gasteiger partial charge in [-0.2, -0.15) is 0 Å². The molecule has 0 atom stereocenters. The van der Waals surface area contributed by atoms with Crippen molar-refractivity contribution in [1.82, 2.24) is 9.55 Å². The molecule has 0 unspecified atom stereocenters. The molecule has 0 N–H and O–H groups in total. The molecule has 0 saturated carbocycles. The molecule has 2 heterocycles. The largest absolute Gasteiger partial charge is 0.282 e. The highest BCUT2D eigenvalue weighted by molar-refractivity contribution is 7.99. The Labute approximate surface area is 176 Å². The van der Waals surface area contributed by atoms with Crippen molar-refractivity contribution in [3.05, 3.63) is 85.8 Å². The average Bonchev–Trinajstić information content (AvgIpc) is 3.15. The van der Waals surface area contributed by atoms with Gasteiger partial charge in [0.2, 0.25) is 0 Å². The van der Waals surface area contributed by atoms with Gasteiger partial charge in [-0.3, -0.25) is 9.36 Å². The van der Waals surface area contributed by atoms with Crippen LogP contribution >= 0.6 is 46.7 Å². The Hall–Kier alpha value is -1.40. The molecule has 7 heteroatoms. The second kappa shape index (κ2) is 8.31. The molecule has 0 bridgehead atoms. The lowest BCUT2D eigenvalue weighted by Gasteiger charge is -2.14. The van der Waals surface area contributed by atoms with Crippen LogP contribution in [-0.4, -0.2) is 15.3 Å². The van der Waals surface area contributed by atoms with Crippen LogP contribution in [0.25, 0.3) is 0 Å².